The highest BCUT2D eigenvalue weighted by Crippen LogP contribution is 2.48. The first-order valence-corrected chi connectivity index (χ1v) is 7.35. The first-order valence-electron chi connectivity index (χ1n) is 6.47. The molecule has 1 heterocycles. The van der Waals surface area contributed by atoms with E-state index >= 15 is 0 Å². The van der Waals surface area contributed by atoms with E-state index in [1.807, 2.05) is 18.2 Å². The zero-order valence-corrected chi connectivity index (χ0v) is 12.9. The summed E-state index contributed by atoms with van der Waals surface area (Å²) in [5, 5.41) is 3.38. The molecule has 0 aliphatic carbocycles. The molecule has 112 valence electrons. The van der Waals surface area contributed by atoms with E-state index in [-0.39, 0.29) is 5.37 Å². The molecule has 0 fully saturated rings. The minimum atomic E-state index is -0.490. The Hall–Kier alpha value is -1.88. The second-order valence-corrected chi connectivity index (χ2v) is 5.42. The van der Waals surface area contributed by atoms with Gasteiger partial charge in [-0.1, -0.05) is 42.6 Å². The van der Waals surface area contributed by atoms with Crippen LogP contribution in [-0.2, 0) is 0 Å². The van der Waals surface area contributed by atoms with E-state index in [1.54, 1.807) is 38.1 Å². The van der Waals surface area contributed by atoms with Crippen molar-refractivity contribution in [2.75, 3.05) is 26.2 Å². The number of methoxy groups -OCH3 is 2. The molecular weight excluding hydrogens is 289 g/mol. The van der Waals surface area contributed by atoms with Crippen LogP contribution in [0.25, 0.3) is 0 Å². The molecule has 0 saturated heterocycles. The van der Waals surface area contributed by atoms with Crippen LogP contribution in [0, 0.1) is 0 Å². The van der Waals surface area contributed by atoms with Crippen molar-refractivity contribution in [3.05, 3.63) is 48.6 Å². The summed E-state index contributed by atoms with van der Waals surface area (Å²) in [6.45, 7) is 3.21. The number of hydrogen-bond acceptors (Lipinski definition) is 4. The van der Waals surface area contributed by atoms with Gasteiger partial charge in [0.25, 0.3) is 0 Å². The summed E-state index contributed by atoms with van der Waals surface area (Å²) in [5.74, 6) is 1.49. The fourth-order valence-electron chi connectivity index (χ4n) is 2.06. The second kappa shape index (κ2) is 7.22. The zero-order chi connectivity index (χ0) is 15.2. The van der Waals surface area contributed by atoms with E-state index in [9.17, 15) is 4.39 Å². The number of anilines is 1. The molecule has 0 saturated carbocycles. The van der Waals surface area contributed by atoms with Crippen LogP contribution < -0.4 is 14.8 Å². The molecule has 0 spiro atoms. The average Bonchev–Trinajstić information content (AvgIpc) is 2.94. The van der Waals surface area contributed by atoms with E-state index in [1.165, 1.54) is 6.08 Å². The fourth-order valence-corrected chi connectivity index (χ4v) is 3.28. The van der Waals surface area contributed by atoms with Gasteiger partial charge in [-0.2, -0.15) is 0 Å². The Morgan fingerprint density at radius 3 is 2.86 bits per heavy atom. The Kier molecular flexibility index (Phi) is 5.33. The Labute approximate surface area is 128 Å². The largest absolute Gasteiger partial charge is 0.497 e. The smallest absolute Gasteiger partial charge is 0.138 e. The SMILES string of the molecule is C=C/C=C(\C=C/CF)C1Nc2cc(OC)cc(OC)c2S1. The Morgan fingerprint density at radius 2 is 2.24 bits per heavy atom. The molecule has 3 nitrogen and oxygen atoms in total. The maximum atomic E-state index is 12.4. The Balaban J connectivity index is 2.31. The third kappa shape index (κ3) is 3.42. The molecule has 0 amide bonds. The van der Waals surface area contributed by atoms with E-state index < -0.39 is 6.67 Å². The predicted octanol–water partition coefficient (Wildman–Crippen LogP) is 4.19. The lowest BCUT2D eigenvalue weighted by Gasteiger charge is -2.11. The highest BCUT2D eigenvalue weighted by molar-refractivity contribution is 8.00. The van der Waals surface area contributed by atoms with Gasteiger partial charge in [0, 0.05) is 12.1 Å². The molecule has 1 atom stereocenters. The fraction of sp³-hybridized carbons (Fsp3) is 0.250. The van der Waals surface area contributed by atoms with Crippen LogP contribution in [-0.4, -0.2) is 26.3 Å². The molecule has 1 aliphatic heterocycles. The van der Waals surface area contributed by atoms with Crippen molar-refractivity contribution in [1.29, 1.82) is 0 Å². The van der Waals surface area contributed by atoms with Gasteiger partial charge in [-0.15, -0.1) is 0 Å². The molecule has 0 bridgehead atoms. The van der Waals surface area contributed by atoms with Gasteiger partial charge in [-0.05, 0) is 5.57 Å². The molecular formula is C16H18FNO2S. The quantitative estimate of drug-likeness (QED) is 0.798. The first-order chi connectivity index (χ1) is 10.2. The minimum absolute atomic E-state index is 0.0122. The average molecular weight is 307 g/mol. The van der Waals surface area contributed by atoms with Gasteiger partial charge in [-0.3, -0.25) is 0 Å². The van der Waals surface area contributed by atoms with Crippen LogP contribution in [0.1, 0.15) is 0 Å². The molecule has 5 heteroatoms. The summed E-state index contributed by atoms with van der Waals surface area (Å²) in [5.41, 5.74) is 1.90. The molecule has 2 rings (SSSR count). The maximum absolute atomic E-state index is 12.4. The molecule has 1 aliphatic rings. The number of hydrogen-bond donors (Lipinski definition) is 1. The van der Waals surface area contributed by atoms with Crippen LogP contribution in [0.4, 0.5) is 10.1 Å². The number of benzene rings is 1. The molecule has 0 aromatic heterocycles. The van der Waals surface area contributed by atoms with Gasteiger partial charge < -0.3 is 14.8 Å². The van der Waals surface area contributed by atoms with E-state index in [2.05, 4.69) is 11.9 Å². The number of alkyl halides is 1. The lowest BCUT2D eigenvalue weighted by atomic mass is 10.2. The Morgan fingerprint density at radius 1 is 1.43 bits per heavy atom. The summed E-state index contributed by atoms with van der Waals surface area (Å²) in [7, 11) is 3.25. The van der Waals surface area contributed by atoms with Crippen LogP contribution in [0.15, 0.2) is 53.5 Å². The van der Waals surface area contributed by atoms with Gasteiger partial charge in [0.2, 0.25) is 0 Å². The third-order valence-corrected chi connectivity index (χ3v) is 4.30. The van der Waals surface area contributed by atoms with Crippen LogP contribution in [0.3, 0.4) is 0 Å². The summed E-state index contributed by atoms with van der Waals surface area (Å²) in [6, 6.07) is 3.78. The minimum Gasteiger partial charge on any atom is -0.497 e. The van der Waals surface area contributed by atoms with Crippen molar-refractivity contribution in [2.24, 2.45) is 0 Å². The predicted molar refractivity (Wildman–Crippen MR) is 86.2 cm³/mol. The van der Waals surface area contributed by atoms with Gasteiger partial charge in [-0.25, -0.2) is 4.39 Å². The second-order valence-electron chi connectivity index (χ2n) is 4.31. The van der Waals surface area contributed by atoms with Crippen molar-refractivity contribution >= 4 is 17.4 Å². The topological polar surface area (TPSA) is 30.5 Å². The molecule has 1 aromatic rings. The summed E-state index contributed by atoms with van der Waals surface area (Å²) in [6.07, 6.45) is 6.81. The summed E-state index contributed by atoms with van der Waals surface area (Å²) >= 11 is 1.62. The number of rotatable bonds is 6. The van der Waals surface area contributed by atoms with E-state index in [4.69, 9.17) is 9.47 Å². The summed E-state index contributed by atoms with van der Waals surface area (Å²) in [4.78, 5) is 1.02. The number of fused-ring (bicyclic) bond motifs is 1. The molecule has 21 heavy (non-hydrogen) atoms. The van der Waals surface area contributed by atoms with Crippen LogP contribution in [0.5, 0.6) is 11.5 Å². The number of halogens is 1. The molecule has 1 unspecified atom stereocenters. The molecule has 1 N–H and O–H groups in total. The van der Waals surface area contributed by atoms with Gasteiger partial charge >= 0.3 is 0 Å². The standard InChI is InChI=1S/C16H18FNO2S/c1-4-6-11(7-5-8-17)16-18-13-9-12(19-2)10-14(20-3)15(13)21-16/h4-7,9-10,16,18H,1,8H2,2-3H3/b7-5-,11-6+. The van der Waals surface area contributed by atoms with Crippen molar-refractivity contribution < 1.29 is 13.9 Å². The van der Waals surface area contributed by atoms with Gasteiger partial charge in [0.05, 0.1) is 24.8 Å². The zero-order valence-electron chi connectivity index (χ0n) is 12.1. The number of nitrogens with one attached hydrogen (secondary N) is 1. The summed E-state index contributed by atoms with van der Waals surface area (Å²) < 4.78 is 23.0. The highest BCUT2D eigenvalue weighted by Gasteiger charge is 2.27. The third-order valence-electron chi connectivity index (χ3n) is 3.02. The van der Waals surface area contributed by atoms with Crippen molar-refractivity contribution in [2.45, 2.75) is 10.3 Å². The van der Waals surface area contributed by atoms with Gasteiger partial charge in [0.15, 0.2) is 0 Å². The number of thioether (sulfide) groups is 1. The van der Waals surface area contributed by atoms with Crippen molar-refractivity contribution in [3.8, 4) is 11.5 Å². The first kappa shape index (κ1) is 15.5. The van der Waals surface area contributed by atoms with Gasteiger partial charge in [0.1, 0.15) is 23.5 Å². The van der Waals surface area contributed by atoms with Crippen LogP contribution in [0.2, 0.25) is 0 Å². The highest BCUT2D eigenvalue weighted by atomic mass is 32.2. The van der Waals surface area contributed by atoms with Crippen molar-refractivity contribution in [1.82, 2.24) is 0 Å². The van der Waals surface area contributed by atoms with E-state index in [0.717, 1.165) is 27.7 Å². The molecule has 1 aromatic carbocycles. The maximum Gasteiger partial charge on any atom is 0.138 e. The number of ether oxygens (including phenoxy) is 2. The number of allylic oxidation sites excluding steroid dienone is 3. The van der Waals surface area contributed by atoms with Crippen molar-refractivity contribution in [3.63, 3.8) is 0 Å². The Bertz CT molecular complexity index is 584. The van der Waals surface area contributed by atoms with E-state index in [0.29, 0.717) is 0 Å². The molecule has 0 radical (unpaired) electrons. The normalized spacial score (nSPS) is 17.5. The lowest BCUT2D eigenvalue weighted by molar-refractivity contribution is 0.388. The van der Waals surface area contributed by atoms with Crippen LogP contribution >= 0.6 is 11.8 Å². The monoisotopic (exact) mass is 307 g/mol. The lowest BCUT2D eigenvalue weighted by Crippen LogP contribution is -2.11.